The third kappa shape index (κ3) is 3.69. The number of nitrogens with zero attached hydrogens (tertiary/aromatic N) is 1. The van der Waals surface area contributed by atoms with Gasteiger partial charge in [0.1, 0.15) is 0 Å². The van der Waals surface area contributed by atoms with E-state index in [1.807, 2.05) is 91.9 Å². The highest BCUT2D eigenvalue weighted by Gasteiger charge is 2.14. The number of carbonyl (C=O) groups is 1. The number of nitrogens with one attached hydrogen (secondary N) is 1. The maximum absolute atomic E-state index is 13.0. The Labute approximate surface area is 164 Å². The van der Waals surface area contributed by atoms with Crippen LogP contribution in [0.1, 0.15) is 22.8 Å². The predicted molar refractivity (Wildman–Crippen MR) is 116 cm³/mol. The lowest BCUT2D eigenvalue weighted by molar-refractivity contribution is 0.0955. The lowest BCUT2D eigenvalue weighted by Gasteiger charge is -2.11. The van der Waals surface area contributed by atoms with Crippen LogP contribution in [0.25, 0.3) is 21.9 Å². The number of hydrazone groups is 1. The van der Waals surface area contributed by atoms with E-state index in [9.17, 15) is 4.79 Å². The summed E-state index contributed by atoms with van der Waals surface area (Å²) < 4.78 is 0. The summed E-state index contributed by atoms with van der Waals surface area (Å²) in [7, 11) is 0. The number of amides is 1. The molecule has 0 spiro atoms. The Kier molecular flexibility index (Phi) is 4.98. The molecule has 0 heterocycles. The molecule has 0 aliphatic heterocycles. The molecule has 136 valence electrons. The number of hydrogen-bond acceptors (Lipinski definition) is 2. The molecule has 1 N–H and O–H groups in total. The number of hydrogen-bond donors (Lipinski definition) is 1. The summed E-state index contributed by atoms with van der Waals surface area (Å²) >= 11 is 0. The van der Waals surface area contributed by atoms with Crippen molar-refractivity contribution in [2.45, 2.75) is 6.92 Å². The van der Waals surface area contributed by atoms with E-state index in [-0.39, 0.29) is 5.91 Å². The van der Waals surface area contributed by atoms with Crippen molar-refractivity contribution in [3.8, 4) is 11.1 Å². The van der Waals surface area contributed by atoms with Crippen LogP contribution < -0.4 is 5.43 Å². The second-order valence-corrected chi connectivity index (χ2v) is 6.62. The first-order valence-electron chi connectivity index (χ1n) is 9.20. The maximum atomic E-state index is 13.0. The van der Waals surface area contributed by atoms with E-state index in [2.05, 4.69) is 22.7 Å². The zero-order chi connectivity index (χ0) is 19.3. The van der Waals surface area contributed by atoms with Crippen LogP contribution in [0, 0.1) is 0 Å². The summed E-state index contributed by atoms with van der Waals surface area (Å²) in [6, 6.07) is 31.8. The minimum atomic E-state index is -0.222. The average molecular weight is 364 g/mol. The van der Waals surface area contributed by atoms with Gasteiger partial charge >= 0.3 is 0 Å². The fraction of sp³-hybridized carbons (Fsp3) is 0.0400. The van der Waals surface area contributed by atoms with Crippen molar-refractivity contribution in [3.63, 3.8) is 0 Å². The standard InChI is InChI=1S/C25H20N2O/c1-18(19-10-4-2-5-11-19)26-27-25(28)24-17-22-15-9-8-14-21(22)16-23(24)20-12-6-3-7-13-20/h2-17H,1H3,(H,27,28). The fourth-order valence-electron chi connectivity index (χ4n) is 3.22. The van der Waals surface area contributed by atoms with Crippen LogP contribution in [0.3, 0.4) is 0 Å². The van der Waals surface area contributed by atoms with Crippen LogP contribution in [-0.4, -0.2) is 11.6 Å². The molecule has 0 aliphatic rings. The Bertz CT molecular complexity index is 1150. The molecule has 0 unspecified atom stereocenters. The molecule has 4 aromatic rings. The fourth-order valence-corrected chi connectivity index (χ4v) is 3.22. The van der Waals surface area contributed by atoms with Gasteiger partial charge in [-0.1, -0.05) is 84.9 Å². The molecule has 0 bridgehead atoms. The zero-order valence-electron chi connectivity index (χ0n) is 15.6. The lowest BCUT2D eigenvalue weighted by atomic mass is 9.95. The van der Waals surface area contributed by atoms with Gasteiger partial charge in [-0.2, -0.15) is 5.10 Å². The van der Waals surface area contributed by atoms with Crippen LogP contribution in [0.15, 0.2) is 102 Å². The van der Waals surface area contributed by atoms with E-state index in [1.54, 1.807) is 0 Å². The van der Waals surface area contributed by atoms with E-state index >= 15 is 0 Å². The number of benzene rings is 4. The summed E-state index contributed by atoms with van der Waals surface area (Å²) in [5.41, 5.74) is 6.96. The van der Waals surface area contributed by atoms with E-state index in [4.69, 9.17) is 0 Å². The van der Waals surface area contributed by atoms with Crippen molar-refractivity contribution in [3.05, 3.63) is 108 Å². The first kappa shape index (κ1) is 17.7. The van der Waals surface area contributed by atoms with Crippen LogP contribution in [-0.2, 0) is 0 Å². The third-order valence-electron chi connectivity index (χ3n) is 4.73. The van der Waals surface area contributed by atoms with Gasteiger partial charge in [0.15, 0.2) is 0 Å². The average Bonchev–Trinajstić information content (AvgIpc) is 2.77. The Balaban J connectivity index is 1.73. The smallest absolute Gasteiger partial charge is 0.267 e. The molecule has 0 saturated heterocycles. The summed E-state index contributed by atoms with van der Waals surface area (Å²) in [6.07, 6.45) is 0. The molecule has 0 radical (unpaired) electrons. The highest BCUT2D eigenvalue weighted by Crippen LogP contribution is 2.29. The Morgan fingerprint density at radius 1 is 0.750 bits per heavy atom. The van der Waals surface area contributed by atoms with Crippen LogP contribution in [0.5, 0.6) is 0 Å². The highest BCUT2D eigenvalue weighted by molar-refractivity contribution is 6.06. The molecule has 28 heavy (non-hydrogen) atoms. The van der Waals surface area contributed by atoms with Crippen molar-refractivity contribution >= 4 is 22.4 Å². The quantitative estimate of drug-likeness (QED) is 0.368. The minimum absolute atomic E-state index is 0.222. The second kappa shape index (κ2) is 7.89. The van der Waals surface area contributed by atoms with Gasteiger partial charge in [0.2, 0.25) is 0 Å². The van der Waals surface area contributed by atoms with Crippen LogP contribution in [0.4, 0.5) is 0 Å². The van der Waals surface area contributed by atoms with Crippen LogP contribution in [0.2, 0.25) is 0 Å². The maximum Gasteiger partial charge on any atom is 0.272 e. The van der Waals surface area contributed by atoms with Gasteiger partial charge in [-0.15, -0.1) is 0 Å². The van der Waals surface area contributed by atoms with Crippen molar-refractivity contribution in [2.24, 2.45) is 5.10 Å². The minimum Gasteiger partial charge on any atom is -0.267 e. The second-order valence-electron chi connectivity index (χ2n) is 6.62. The third-order valence-corrected chi connectivity index (χ3v) is 4.73. The van der Waals surface area contributed by atoms with Gasteiger partial charge in [0.05, 0.1) is 5.71 Å². The van der Waals surface area contributed by atoms with Crippen molar-refractivity contribution in [1.82, 2.24) is 5.43 Å². The van der Waals surface area contributed by atoms with Gasteiger partial charge in [-0.25, -0.2) is 5.43 Å². The summed E-state index contributed by atoms with van der Waals surface area (Å²) in [5, 5.41) is 6.43. The lowest BCUT2D eigenvalue weighted by Crippen LogP contribution is -2.20. The molecule has 0 aliphatic carbocycles. The molecule has 0 atom stereocenters. The Morgan fingerprint density at radius 2 is 1.32 bits per heavy atom. The normalized spacial score (nSPS) is 11.4. The van der Waals surface area contributed by atoms with Crippen LogP contribution >= 0.6 is 0 Å². The molecule has 4 rings (SSSR count). The molecule has 3 heteroatoms. The number of carbonyl (C=O) groups excluding carboxylic acids is 1. The van der Waals surface area contributed by atoms with E-state index in [1.165, 1.54) is 0 Å². The molecular weight excluding hydrogens is 344 g/mol. The summed E-state index contributed by atoms with van der Waals surface area (Å²) in [4.78, 5) is 13.0. The molecule has 0 saturated carbocycles. The largest absolute Gasteiger partial charge is 0.272 e. The first-order valence-corrected chi connectivity index (χ1v) is 9.20. The van der Waals surface area contributed by atoms with Crippen molar-refractivity contribution < 1.29 is 4.79 Å². The van der Waals surface area contributed by atoms with Crippen molar-refractivity contribution in [1.29, 1.82) is 0 Å². The van der Waals surface area contributed by atoms with Gasteiger partial charge in [-0.05, 0) is 46.5 Å². The van der Waals surface area contributed by atoms with Gasteiger partial charge in [0, 0.05) is 5.56 Å². The molecule has 3 nitrogen and oxygen atoms in total. The molecule has 1 amide bonds. The van der Waals surface area contributed by atoms with Gasteiger partial charge in [0.25, 0.3) is 5.91 Å². The highest BCUT2D eigenvalue weighted by atomic mass is 16.2. The summed E-state index contributed by atoms with van der Waals surface area (Å²) in [6.45, 7) is 1.88. The molecule has 4 aromatic carbocycles. The molecular formula is C25H20N2O. The Morgan fingerprint density at radius 3 is 2.00 bits per heavy atom. The summed E-state index contributed by atoms with van der Waals surface area (Å²) in [5.74, 6) is -0.222. The van der Waals surface area contributed by atoms with Gasteiger partial charge < -0.3 is 0 Å². The molecule has 0 aromatic heterocycles. The first-order chi connectivity index (χ1) is 13.7. The van der Waals surface area contributed by atoms with Crippen molar-refractivity contribution in [2.75, 3.05) is 0 Å². The Hall–Kier alpha value is -3.72. The topological polar surface area (TPSA) is 41.5 Å². The monoisotopic (exact) mass is 364 g/mol. The number of rotatable bonds is 4. The predicted octanol–water partition coefficient (Wildman–Crippen LogP) is 5.66. The van der Waals surface area contributed by atoms with E-state index in [0.717, 1.165) is 33.2 Å². The van der Waals surface area contributed by atoms with Gasteiger partial charge in [-0.3, -0.25) is 4.79 Å². The van der Waals surface area contributed by atoms with E-state index < -0.39 is 0 Å². The number of fused-ring (bicyclic) bond motifs is 1. The molecule has 0 fully saturated rings. The SMILES string of the molecule is CC(=NNC(=O)c1cc2ccccc2cc1-c1ccccc1)c1ccccc1. The zero-order valence-corrected chi connectivity index (χ0v) is 15.6. The van der Waals surface area contributed by atoms with E-state index in [0.29, 0.717) is 5.56 Å².